The first kappa shape index (κ1) is 11.2. The first-order valence-electron chi connectivity index (χ1n) is 5.31. The molecule has 0 N–H and O–H groups in total. The van der Waals surface area contributed by atoms with Crippen LogP contribution in [-0.4, -0.2) is 23.4 Å². The zero-order valence-corrected chi connectivity index (χ0v) is 11.1. The van der Waals surface area contributed by atoms with Gasteiger partial charge in [-0.2, -0.15) is 0 Å². The van der Waals surface area contributed by atoms with E-state index in [1.54, 1.807) is 0 Å². The van der Waals surface area contributed by atoms with Crippen molar-refractivity contribution in [1.29, 1.82) is 0 Å². The molecule has 0 aromatic heterocycles. The van der Waals surface area contributed by atoms with Gasteiger partial charge in [0.2, 0.25) is 0 Å². The molecule has 2 nitrogen and oxygen atoms in total. The maximum Gasteiger partial charge on any atom is 0.149 e. The van der Waals surface area contributed by atoms with E-state index in [9.17, 15) is 0 Å². The summed E-state index contributed by atoms with van der Waals surface area (Å²) in [7, 11) is 0.767. The molecule has 0 bridgehead atoms. The molecular formula is C10H22O2Si. The number of rotatable bonds is 4. The van der Waals surface area contributed by atoms with Gasteiger partial charge in [0.1, 0.15) is 16.8 Å². The average molecular weight is 202 g/mol. The summed E-state index contributed by atoms with van der Waals surface area (Å²) in [5, 5.41) is 0. The Labute approximate surface area is 84.5 Å². The van der Waals surface area contributed by atoms with E-state index in [-0.39, 0.29) is 6.29 Å². The van der Waals surface area contributed by atoms with Crippen LogP contribution < -0.4 is 0 Å². The summed E-state index contributed by atoms with van der Waals surface area (Å²) in [6.07, 6.45) is 6.79. The molecule has 0 radical (unpaired) electrons. The average Bonchev–Trinajstić information content (AvgIpc) is 2.15. The number of ether oxygens (including phenoxy) is 1. The fourth-order valence-electron chi connectivity index (χ4n) is 1.94. The molecule has 78 valence electrons. The van der Waals surface area contributed by atoms with Gasteiger partial charge in [0.15, 0.2) is 0 Å². The number of hydrogen-bond acceptors (Lipinski definition) is 2. The van der Waals surface area contributed by atoms with Gasteiger partial charge in [-0.15, -0.1) is 0 Å². The molecule has 1 rings (SSSR count). The smallest absolute Gasteiger partial charge is 0.149 e. The lowest BCUT2D eigenvalue weighted by Gasteiger charge is -2.34. The van der Waals surface area contributed by atoms with Crippen molar-refractivity contribution in [3.63, 3.8) is 0 Å². The minimum Gasteiger partial charge on any atom is -0.404 e. The van der Waals surface area contributed by atoms with Crippen LogP contribution in [0.25, 0.3) is 0 Å². The lowest BCUT2D eigenvalue weighted by molar-refractivity contribution is -0.0985. The van der Waals surface area contributed by atoms with E-state index in [4.69, 9.17) is 9.16 Å². The second-order valence-electron chi connectivity index (χ2n) is 4.49. The van der Waals surface area contributed by atoms with E-state index in [0.717, 1.165) is 17.1 Å². The molecule has 1 saturated carbocycles. The van der Waals surface area contributed by atoms with E-state index in [1.807, 2.05) is 6.92 Å². The van der Waals surface area contributed by atoms with Crippen molar-refractivity contribution >= 4 is 10.5 Å². The molecule has 1 unspecified atom stereocenters. The second kappa shape index (κ2) is 5.13. The van der Waals surface area contributed by atoms with Crippen molar-refractivity contribution in [1.82, 2.24) is 0 Å². The Kier molecular flexibility index (Phi) is 4.42. The lowest BCUT2D eigenvalue weighted by Crippen LogP contribution is -2.28. The van der Waals surface area contributed by atoms with Gasteiger partial charge in [0.25, 0.3) is 0 Å². The van der Waals surface area contributed by atoms with Crippen molar-refractivity contribution in [2.45, 2.75) is 52.2 Å². The summed E-state index contributed by atoms with van der Waals surface area (Å²) >= 11 is 0. The monoisotopic (exact) mass is 202 g/mol. The first-order chi connectivity index (χ1) is 6.16. The maximum absolute atomic E-state index is 5.65. The van der Waals surface area contributed by atoms with Crippen molar-refractivity contribution < 1.29 is 9.16 Å². The van der Waals surface area contributed by atoms with Gasteiger partial charge in [-0.05, 0) is 25.2 Å². The highest BCUT2D eigenvalue weighted by Crippen LogP contribution is 2.35. The molecule has 0 spiro atoms. The van der Waals surface area contributed by atoms with E-state index in [2.05, 4.69) is 6.92 Å². The fraction of sp³-hybridized carbons (Fsp3) is 1.00. The van der Waals surface area contributed by atoms with E-state index >= 15 is 0 Å². The van der Waals surface area contributed by atoms with Crippen molar-refractivity contribution in [2.24, 2.45) is 5.41 Å². The molecular weight excluding hydrogens is 180 g/mol. The third kappa shape index (κ3) is 3.79. The van der Waals surface area contributed by atoms with E-state index in [1.165, 1.54) is 32.1 Å². The summed E-state index contributed by atoms with van der Waals surface area (Å²) in [4.78, 5) is 0. The molecule has 1 atom stereocenters. The van der Waals surface area contributed by atoms with Gasteiger partial charge in [0.05, 0.1) is 6.61 Å². The maximum atomic E-state index is 5.65. The fourth-order valence-corrected chi connectivity index (χ4v) is 2.07. The Balaban J connectivity index is 2.24. The highest BCUT2D eigenvalue weighted by molar-refractivity contribution is 5.98. The van der Waals surface area contributed by atoms with Crippen LogP contribution in [0.15, 0.2) is 0 Å². The van der Waals surface area contributed by atoms with Gasteiger partial charge in [-0.1, -0.05) is 26.2 Å². The lowest BCUT2D eigenvalue weighted by atomic mass is 9.76. The molecule has 3 heteroatoms. The molecule has 0 aliphatic heterocycles. The molecule has 1 fully saturated rings. The molecule has 0 aromatic rings. The molecule has 0 aromatic carbocycles. The Bertz CT molecular complexity index is 144. The highest BCUT2D eigenvalue weighted by Gasteiger charge is 2.27. The van der Waals surface area contributed by atoms with Crippen molar-refractivity contribution in [2.75, 3.05) is 6.61 Å². The molecule has 0 amide bonds. The normalized spacial score (nSPS) is 24.5. The summed E-state index contributed by atoms with van der Waals surface area (Å²) in [5.74, 6) is 0. The summed E-state index contributed by atoms with van der Waals surface area (Å²) in [6, 6.07) is 0. The third-order valence-corrected chi connectivity index (χ3v) is 3.72. The van der Waals surface area contributed by atoms with Gasteiger partial charge >= 0.3 is 0 Å². The van der Waals surface area contributed by atoms with Gasteiger partial charge < -0.3 is 9.16 Å². The van der Waals surface area contributed by atoms with E-state index < -0.39 is 0 Å². The van der Waals surface area contributed by atoms with Crippen molar-refractivity contribution in [3.05, 3.63) is 0 Å². The Morgan fingerprint density at radius 2 is 1.92 bits per heavy atom. The summed E-state index contributed by atoms with van der Waals surface area (Å²) < 4.78 is 10.8. The Morgan fingerprint density at radius 1 is 1.31 bits per heavy atom. The summed E-state index contributed by atoms with van der Waals surface area (Å²) in [6.45, 7) is 5.20. The van der Waals surface area contributed by atoms with Gasteiger partial charge in [-0.3, -0.25) is 0 Å². The number of hydrogen-bond donors (Lipinski definition) is 0. The molecule has 13 heavy (non-hydrogen) atoms. The van der Waals surface area contributed by atoms with Crippen LogP contribution in [0.2, 0.25) is 0 Å². The predicted octanol–water partition coefficient (Wildman–Crippen LogP) is 1.62. The van der Waals surface area contributed by atoms with Crippen LogP contribution in [0, 0.1) is 5.41 Å². The highest BCUT2D eigenvalue weighted by atomic mass is 28.2. The molecule has 0 heterocycles. The van der Waals surface area contributed by atoms with Crippen LogP contribution in [0.5, 0.6) is 0 Å². The minimum atomic E-state index is 0.00502. The standard InChI is InChI=1S/C10H22O2Si/c1-9(12-13)11-8-10(2)6-4-3-5-7-10/h9H,3-8H2,1-2,13H3. The molecule has 1 aliphatic carbocycles. The summed E-state index contributed by atoms with van der Waals surface area (Å²) in [5.41, 5.74) is 0.423. The van der Waals surface area contributed by atoms with Gasteiger partial charge in [-0.25, -0.2) is 0 Å². The molecule has 0 saturated heterocycles. The minimum absolute atomic E-state index is 0.00502. The second-order valence-corrected chi connectivity index (χ2v) is 4.96. The van der Waals surface area contributed by atoms with Crippen LogP contribution in [0.3, 0.4) is 0 Å². The third-order valence-electron chi connectivity index (χ3n) is 3.06. The zero-order chi connectivity index (χ0) is 9.73. The van der Waals surface area contributed by atoms with E-state index in [0.29, 0.717) is 5.41 Å². The van der Waals surface area contributed by atoms with Crippen molar-refractivity contribution in [3.8, 4) is 0 Å². The quantitative estimate of drug-likeness (QED) is 0.509. The van der Waals surface area contributed by atoms with Gasteiger partial charge in [0, 0.05) is 0 Å². The topological polar surface area (TPSA) is 18.5 Å². The van der Waals surface area contributed by atoms with Crippen LogP contribution in [-0.2, 0) is 9.16 Å². The Morgan fingerprint density at radius 3 is 2.46 bits per heavy atom. The largest absolute Gasteiger partial charge is 0.404 e. The molecule has 1 aliphatic rings. The van der Waals surface area contributed by atoms with Crippen LogP contribution in [0.1, 0.15) is 46.0 Å². The SMILES string of the molecule is CC(O[SiH3])OCC1(C)CCCCC1. The van der Waals surface area contributed by atoms with Crippen LogP contribution >= 0.6 is 0 Å². The zero-order valence-electron chi connectivity index (χ0n) is 9.14. The van der Waals surface area contributed by atoms with Crippen LogP contribution in [0.4, 0.5) is 0 Å². The predicted molar refractivity (Wildman–Crippen MR) is 57.6 cm³/mol. The first-order valence-corrected chi connectivity index (χ1v) is 6.12. The Hall–Kier alpha value is 0.137.